The van der Waals surface area contributed by atoms with Gasteiger partial charge in [0.05, 0.1) is 0 Å². The third-order valence-corrected chi connectivity index (χ3v) is 0. The van der Waals surface area contributed by atoms with E-state index in [-0.39, 0.29) is 82.6 Å². The predicted molar refractivity (Wildman–Crippen MR) is 4.12 cm³/mol. The second kappa shape index (κ2) is 13.8. The molecular formula is Cr3O12Pr2. The van der Waals surface area contributed by atoms with Crippen molar-refractivity contribution in [2.75, 3.05) is 0 Å². The van der Waals surface area contributed by atoms with E-state index in [1.54, 1.807) is 0 Å². The smallest absolute Gasteiger partial charge is 3.00 e. The van der Waals surface area contributed by atoms with Crippen molar-refractivity contribution in [2.24, 2.45) is 0 Å². The van der Waals surface area contributed by atoms with Gasteiger partial charge in [-0.15, -0.1) is 0 Å². The largest absolute Gasteiger partial charge is 3.00 e. The molecule has 0 aromatic carbocycles. The Kier molecular flexibility index (Phi) is 26.1. The Hall–Kier alpha value is 2.88. The minimum Gasteiger partial charge on any atom is 3.00 e. The first-order valence-electron chi connectivity index (χ1n) is 2.00. The van der Waals surface area contributed by atoms with Crippen molar-refractivity contribution in [1.29, 1.82) is 0 Å². The van der Waals surface area contributed by atoms with Gasteiger partial charge in [-0.2, -0.15) is 0 Å². The van der Waals surface area contributed by atoms with E-state index in [0.29, 0.717) is 0 Å². The second-order valence-corrected chi connectivity index (χ2v) is 5.05. The zero-order valence-electron chi connectivity index (χ0n) is 7.28. The standard InChI is InChI=1S/3Cr.12O.2Pr/q;;;;;;;;;6*-1;2*+3. The van der Waals surface area contributed by atoms with Crippen LogP contribution in [-0.4, -0.2) is 0 Å². The normalized spacial score (nSPS) is 10.2. The van der Waals surface area contributed by atoms with Crippen LogP contribution >= 0.6 is 0 Å². The predicted octanol–water partition coefficient (Wildman–Crippen LogP) is -7.85. The van der Waals surface area contributed by atoms with E-state index < -0.39 is 40.8 Å². The molecule has 0 radical (unpaired) electrons. The molecule has 0 rings (SSSR count). The Morgan fingerprint density at radius 2 is 0.412 bits per heavy atom. The molecule has 0 N–H and O–H groups in total. The summed E-state index contributed by atoms with van der Waals surface area (Å²) in [4.78, 5) is 0. The SMILES string of the molecule is [O]=[Cr](=[O])([O-])[O-].[O]=[Cr](=[O])([O-])[O-].[O]=[Cr](=[O])([O-])[O-].[Pr+3].[Pr+3]. The minimum atomic E-state index is -5.75. The summed E-state index contributed by atoms with van der Waals surface area (Å²) in [6, 6.07) is 0. The maximum Gasteiger partial charge on any atom is 3.00 e. The minimum absolute atomic E-state index is 0. The molecule has 0 aromatic rings. The van der Waals surface area contributed by atoms with E-state index in [9.17, 15) is 0 Å². The molecule has 0 aromatic heterocycles. The van der Waals surface area contributed by atoms with Gasteiger partial charge in [0.2, 0.25) is 0 Å². The number of hydrogen-bond acceptors (Lipinski definition) is 12. The zero-order valence-corrected chi connectivity index (χ0v) is 18.5. The van der Waals surface area contributed by atoms with E-state index in [1.165, 1.54) is 0 Å². The first-order chi connectivity index (χ1) is 6.00. The van der Waals surface area contributed by atoms with E-state index in [2.05, 4.69) is 0 Å². The van der Waals surface area contributed by atoms with Gasteiger partial charge in [-0.05, 0) is 0 Å². The van der Waals surface area contributed by atoms with Gasteiger partial charge in [0.1, 0.15) is 0 Å². The van der Waals surface area contributed by atoms with Crippen LogP contribution in [0.15, 0.2) is 0 Å². The van der Waals surface area contributed by atoms with Crippen molar-refractivity contribution in [3.05, 3.63) is 0 Å². The molecule has 0 saturated carbocycles. The summed E-state index contributed by atoms with van der Waals surface area (Å²) in [7, 11) is 0. The molecule has 0 spiro atoms. The van der Waals surface area contributed by atoms with E-state index in [1.807, 2.05) is 0 Å². The third-order valence-electron chi connectivity index (χ3n) is 0. The monoisotopic (exact) mass is 630 g/mol. The van der Waals surface area contributed by atoms with Crippen molar-refractivity contribution in [3.8, 4) is 0 Å². The van der Waals surface area contributed by atoms with Gasteiger partial charge in [0.25, 0.3) is 0 Å². The van der Waals surface area contributed by atoms with Gasteiger partial charge < -0.3 is 0 Å². The summed E-state index contributed by atoms with van der Waals surface area (Å²) in [5.74, 6) is 0. The van der Waals surface area contributed by atoms with Crippen LogP contribution in [-0.2, 0) is 63.7 Å². The maximum absolute atomic E-state index is 8.59. The van der Waals surface area contributed by atoms with Crippen molar-refractivity contribution in [1.82, 2.24) is 0 Å². The van der Waals surface area contributed by atoms with E-state index >= 15 is 0 Å². The van der Waals surface area contributed by atoms with Crippen LogP contribution in [0, 0.1) is 82.6 Å². The molecule has 0 amide bonds. The van der Waals surface area contributed by atoms with Crippen molar-refractivity contribution in [3.63, 3.8) is 0 Å². The Morgan fingerprint density at radius 1 is 0.412 bits per heavy atom. The van der Waals surface area contributed by atoms with E-state index in [0.717, 1.165) is 0 Å². The summed E-state index contributed by atoms with van der Waals surface area (Å²) in [5, 5.41) is 0. The Labute approximate surface area is 167 Å². The molecule has 17 heavy (non-hydrogen) atoms. The molecule has 12 nitrogen and oxygen atoms in total. The summed E-state index contributed by atoms with van der Waals surface area (Å²) < 4.78 is 103. The Bertz CT molecular complexity index is 341. The number of rotatable bonds is 0. The molecule has 0 aliphatic heterocycles. The average molecular weight is 630 g/mol. The molecule has 0 atom stereocenters. The molecule has 0 saturated heterocycles. The summed E-state index contributed by atoms with van der Waals surface area (Å²) in [6.07, 6.45) is 0. The fourth-order valence-corrected chi connectivity index (χ4v) is 0. The molecule has 17 heteroatoms. The molecule has 0 unspecified atom stereocenters. The maximum atomic E-state index is 8.59. The molecule has 0 heterocycles. The van der Waals surface area contributed by atoms with Gasteiger partial charge in [0.15, 0.2) is 0 Å². The average Bonchev–Trinajstić information content (AvgIpc) is 1.41. The fraction of sp³-hybridized carbons (Fsp3) is 0. The van der Waals surface area contributed by atoms with Gasteiger partial charge in [-0.1, -0.05) is 0 Å². The topological polar surface area (TPSA) is 241 Å². The van der Waals surface area contributed by atoms with Gasteiger partial charge in [-0.25, -0.2) is 0 Å². The van der Waals surface area contributed by atoms with Crippen LogP contribution in [0.1, 0.15) is 0 Å². The molecule has 96 valence electrons. The van der Waals surface area contributed by atoms with Crippen LogP contribution < -0.4 is 24.9 Å². The van der Waals surface area contributed by atoms with Crippen molar-refractivity contribution < 1.29 is 171 Å². The summed E-state index contributed by atoms with van der Waals surface area (Å²) in [5.41, 5.74) is 0. The molecular weight excluding hydrogens is 630 g/mol. The fourth-order valence-electron chi connectivity index (χ4n) is 0. The summed E-state index contributed by atoms with van der Waals surface area (Å²) in [6.45, 7) is 0. The van der Waals surface area contributed by atoms with Crippen molar-refractivity contribution >= 4 is 0 Å². The van der Waals surface area contributed by atoms with Crippen LogP contribution in [0.5, 0.6) is 0 Å². The first kappa shape index (κ1) is 32.0. The van der Waals surface area contributed by atoms with Gasteiger partial charge >= 0.3 is 171 Å². The van der Waals surface area contributed by atoms with Gasteiger partial charge in [0, 0.05) is 0 Å². The van der Waals surface area contributed by atoms with Crippen LogP contribution in [0.2, 0.25) is 0 Å². The summed E-state index contributed by atoms with van der Waals surface area (Å²) >= 11 is -17.2. The van der Waals surface area contributed by atoms with Crippen LogP contribution in [0.4, 0.5) is 0 Å². The second-order valence-electron chi connectivity index (χ2n) is 1.22. The quantitative estimate of drug-likeness (QED) is 0.243. The zero-order chi connectivity index (χ0) is 13.5. The number of hydrogen-bond donors (Lipinski definition) is 0. The van der Waals surface area contributed by atoms with Gasteiger partial charge in [-0.3, -0.25) is 0 Å². The van der Waals surface area contributed by atoms with Crippen molar-refractivity contribution in [2.45, 2.75) is 0 Å². The third kappa shape index (κ3) is 647. The van der Waals surface area contributed by atoms with Crippen LogP contribution in [0.3, 0.4) is 0 Å². The Balaban J connectivity index is -0.0000000400. The Morgan fingerprint density at radius 3 is 0.412 bits per heavy atom. The molecule has 0 aliphatic carbocycles. The van der Waals surface area contributed by atoms with Crippen LogP contribution in [0.25, 0.3) is 0 Å². The van der Waals surface area contributed by atoms with E-state index in [4.69, 9.17) is 47.8 Å². The molecule has 0 fully saturated rings. The molecule has 0 bridgehead atoms. The molecule has 0 aliphatic rings. The first-order valence-corrected chi connectivity index (χ1v) is 8.25.